The van der Waals surface area contributed by atoms with E-state index in [4.69, 9.17) is 0 Å². The van der Waals surface area contributed by atoms with Gasteiger partial charge in [0.25, 0.3) is 5.91 Å². The van der Waals surface area contributed by atoms with Gasteiger partial charge in [0.15, 0.2) is 0 Å². The molecule has 0 aliphatic rings. The highest BCUT2D eigenvalue weighted by Gasteiger charge is 2.34. The zero-order valence-electron chi connectivity index (χ0n) is 9.16. The topological polar surface area (TPSA) is 42.0 Å². The van der Waals surface area contributed by atoms with Crippen LogP contribution in [0.15, 0.2) is 29.6 Å². The molecule has 19 heavy (non-hydrogen) atoms. The first-order valence-corrected chi connectivity index (χ1v) is 5.80. The zero-order valence-corrected chi connectivity index (χ0v) is 9.98. The Morgan fingerprint density at radius 1 is 1.26 bits per heavy atom. The van der Waals surface area contributed by atoms with E-state index in [2.05, 4.69) is 9.69 Å². The molecule has 2 aromatic rings. The minimum atomic E-state index is -4.81. The summed E-state index contributed by atoms with van der Waals surface area (Å²) in [6.07, 6.45) is -4.81. The van der Waals surface area contributed by atoms with Crippen molar-refractivity contribution in [2.75, 3.05) is 5.32 Å². The highest BCUT2D eigenvalue weighted by molar-refractivity contribution is 7.03. The Hall–Kier alpha value is -1.96. The third-order valence-electron chi connectivity index (χ3n) is 2.20. The van der Waals surface area contributed by atoms with Crippen molar-refractivity contribution in [1.82, 2.24) is 4.37 Å². The molecule has 0 unspecified atom stereocenters. The van der Waals surface area contributed by atoms with Gasteiger partial charge < -0.3 is 5.32 Å². The van der Waals surface area contributed by atoms with Gasteiger partial charge in [0, 0.05) is 11.1 Å². The van der Waals surface area contributed by atoms with Crippen molar-refractivity contribution < 1.29 is 22.4 Å². The normalized spacial score (nSPS) is 11.4. The quantitative estimate of drug-likeness (QED) is 0.859. The molecule has 1 aromatic carbocycles. The van der Waals surface area contributed by atoms with E-state index in [1.54, 1.807) is 5.38 Å². The van der Waals surface area contributed by atoms with Crippen LogP contribution in [0.1, 0.15) is 16.1 Å². The van der Waals surface area contributed by atoms with Crippen molar-refractivity contribution in [2.24, 2.45) is 0 Å². The molecule has 1 aromatic heterocycles. The SMILES string of the molecule is O=C(Nc1ccc(F)c(C(F)(F)F)c1)c1ccsn1. The molecular weight excluding hydrogens is 284 g/mol. The summed E-state index contributed by atoms with van der Waals surface area (Å²) in [5.41, 5.74) is -1.49. The molecule has 0 aliphatic heterocycles. The van der Waals surface area contributed by atoms with Crippen LogP contribution in [0, 0.1) is 5.82 Å². The number of nitrogens with zero attached hydrogens (tertiary/aromatic N) is 1. The van der Waals surface area contributed by atoms with Gasteiger partial charge in [0.1, 0.15) is 11.5 Å². The van der Waals surface area contributed by atoms with Crippen molar-refractivity contribution in [3.05, 3.63) is 46.7 Å². The van der Waals surface area contributed by atoms with E-state index in [0.717, 1.165) is 17.6 Å². The lowest BCUT2D eigenvalue weighted by Crippen LogP contribution is -2.14. The molecule has 0 radical (unpaired) electrons. The Morgan fingerprint density at radius 2 is 2.00 bits per heavy atom. The van der Waals surface area contributed by atoms with Crippen LogP contribution in [0.4, 0.5) is 23.2 Å². The number of anilines is 1. The van der Waals surface area contributed by atoms with Gasteiger partial charge in [-0.05, 0) is 35.8 Å². The summed E-state index contributed by atoms with van der Waals surface area (Å²) >= 11 is 1.04. The van der Waals surface area contributed by atoms with Crippen LogP contribution >= 0.6 is 11.5 Å². The number of carbonyl (C=O) groups excluding carboxylic acids is 1. The monoisotopic (exact) mass is 290 g/mol. The number of alkyl halides is 3. The highest BCUT2D eigenvalue weighted by atomic mass is 32.1. The maximum atomic E-state index is 13.0. The Kier molecular flexibility index (Phi) is 3.52. The number of hydrogen-bond acceptors (Lipinski definition) is 3. The lowest BCUT2D eigenvalue weighted by molar-refractivity contribution is -0.139. The maximum absolute atomic E-state index is 13.0. The number of nitrogens with one attached hydrogen (secondary N) is 1. The Balaban J connectivity index is 2.25. The van der Waals surface area contributed by atoms with Crippen LogP contribution in [0.5, 0.6) is 0 Å². The van der Waals surface area contributed by atoms with E-state index in [1.165, 1.54) is 6.07 Å². The summed E-state index contributed by atoms with van der Waals surface area (Å²) in [6.45, 7) is 0. The summed E-state index contributed by atoms with van der Waals surface area (Å²) in [5, 5.41) is 3.78. The molecule has 1 heterocycles. The fourth-order valence-corrected chi connectivity index (χ4v) is 1.85. The van der Waals surface area contributed by atoms with Crippen LogP contribution in [0.3, 0.4) is 0 Å². The summed E-state index contributed by atoms with van der Waals surface area (Å²) in [4.78, 5) is 11.6. The second-order valence-electron chi connectivity index (χ2n) is 3.53. The van der Waals surface area contributed by atoms with Gasteiger partial charge in [-0.15, -0.1) is 0 Å². The number of hydrogen-bond donors (Lipinski definition) is 1. The Bertz CT molecular complexity index is 595. The molecule has 0 saturated carbocycles. The molecule has 0 aliphatic carbocycles. The van der Waals surface area contributed by atoms with Crippen LogP contribution in [0.2, 0.25) is 0 Å². The predicted molar refractivity (Wildman–Crippen MR) is 61.5 cm³/mol. The first-order chi connectivity index (χ1) is 8.88. The Labute approximate surface area is 109 Å². The third kappa shape index (κ3) is 3.08. The molecule has 3 nitrogen and oxygen atoms in total. The minimum absolute atomic E-state index is 0.0860. The molecule has 0 bridgehead atoms. The van der Waals surface area contributed by atoms with Crippen molar-refractivity contribution in [3.63, 3.8) is 0 Å². The van der Waals surface area contributed by atoms with Crippen molar-refractivity contribution >= 4 is 23.1 Å². The fraction of sp³-hybridized carbons (Fsp3) is 0.0909. The minimum Gasteiger partial charge on any atom is -0.321 e. The van der Waals surface area contributed by atoms with E-state index in [-0.39, 0.29) is 11.4 Å². The van der Waals surface area contributed by atoms with Gasteiger partial charge in [-0.2, -0.15) is 17.5 Å². The lowest BCUT2D eigenvalue weighted by Gasteiger charge is -2.10. The predicted octanol–water partition coefficient (Wildman–Crippen LogP) is 3.55. The lowest BCUT2D eigenvalue weighted by atomic mass is 10.1. The van der Waals surface area contributed by atoms with E-state index in [0.29, 0.717) is 12.1 Å². The summed E-state index contributed by atoms with van der Waals surface area (Å²) < 4.78 is 54.2. The van der Waals surface area contributed by atoms with Gasteiger partial charge in [0.2, 0.25) is 0 Å². The van der Waals surface area contributed by atoms with Gasteiger partial charge in [-0.25, -0.2) is 4.39 Å². The van der Waals surface area contributed by atoms with Gasteiger partial charge in [0.05, 0.1) is 5.56 Å². The van der Waals surface area contributed by atoms with Crippen molar-refractivity contribution in [3.8, 4) is 0 Å². The average Bonchev–Trinajstić information content (AvgIpc) is 2.83. The second kappa shape index (κ2) is 4.96. The van der Waals surface area contributed by atoms with Crippen LogP contribution in [0.25, 0.3) is 0 Å². The van der Waals surface area contributed by atoms with Crippen LogP contribution < -0.4 is 5.32 Å². The molecule has 0 fully saturated rings. The van der Waals surface area contributed by atoms with Crippen molar-refractivity contribution in [1.29, 1.82) is 0 Å². The standard InChI is InChI=1S/C11H6F4N2OS/c12-8-2-1-6(5-7(8)11(13,14)15)16-10(18)9-3-4-19-17-9/h1-5H,(H,16,18). The van der Waals surface area contributed by atoms with Crippen molar-refractivity contribution in [2.45, 2.75) is 6.18 Å². The average molecular weight is 290 g/mol. The second-order valence-corrected chi connectivity index (χ2v) is 4.20. The molecule has 1 amide bonds. The summed E-state index contributed by atoms with van der Waals surface area (Å²) in [7, 11) is 0. The molecule has 100 valence electrons. The molecule has 0 spiro atoms. The summed E-state index contributed by atoms with van der Waals surface area (Å²) in [5.74, 6) is -2.04. The largest absolute Gasteiger partial charge is 0.419 e. The molecule has 1 N–H and O–H groups in total. The first-order valence-electron chi connectivity index (χ1n) is 4.96. The molecule has 8 heteroatoms. The number of halogens is 4. The van der Waals surface area contributed by atoms with Crippen LogP contribution in [-0.2, 0) is 6.18 Å². The first kappa shape index (κ1) is 13.5. The van der Waals surface area contributed by atoms with Gasteiger partial charge >= 0.3 is 6.18 Å². The number of carbonyl (C=O) groups is 1. The number of aromatic nitrogens is 1. The zero-order chi connectivity index (χ0) is 14.0. The number of benzene rings is 1. The van der Waals surface area contributed by atoms with E-state index in [9.17, 15) is 22.4 Å². The number of amides is 1. The van der Waals surface area contributed by atoms with Gasteiger partial charge in [-0.3, -0.25) is 4.79 Å². The third-order valence-corrected chi connectivity index (χ3v) is 2.76. The smallest absolute Gasteiger partial charge is 0.321 e. The maximum Gasteiger partial charge on any atom is 0.419 e. The Morgan fingerprint density at radius 3 is 2.58 bits per heavy atom. The van der Waals surface area contributed by atoms with E-state index in [1.807, 2.05) is 0 Å². The van der Waals surface area contributed by atoms with Gasteiger partial charge in [-0.1, -0.05) is 0 Å². The van der Waals surface area contributed by atoms with Crippen LogP contribution in [-0.4, -0.2) is 10.3 Å². The number of rotatable bonds is 2. The molecular formula is C11H6F4N2OS. The van der Waals surface area contributed by atoms with E-state index >= 15 is 0 Å². The molecule has 2 rings (SSSR count). The van der Waals surface area contributed by atoms with E-state index < -0.39 is 23.5 Å². The molecule has 0 atom stereocenters. The molecule has 0 saturated heterocycles. The fourth-order valence-electron chi connectivity index (χ4n) is 1.35. The highest BCUT2D eigenvalue weighted by Crippen LogP contribution is 2.33. The summed E-state index contributed by atoms with van der Waals surface area (Å²) in [6, 6.07) is 3.67.